The Morgan fingerprint density at radius 1 is 1.07 bits per heavy atom. The smallest absolute Gasteiger partial charge is 0.221 e. The van der Waals surface area contributed by atoms with Gasteiger partial charge in [0.05, 0.1) is 22.1 Å². The van der Waals surface area contributed by atoms with Gasteiger partial charge in [-0.1, -0.05) is 81.1 Å². The zero-order chi connectivity index (χ0) is 30.1. The van der Waals surface area contributed by atoms with Crippen molar-refractivity contribution in [1.29, 1.82) is 0 Å². The molecule has 1 aromatic heterocycles. The van der Waals surface area contributed by atoms with E-state index in [0.717, 1.165) is 43.4 Å². The molecule has 0 spiro atoms. The molecule has 0 aliphatic heterocycles. The zero-order valence-electron chi connectivity index (χ0n) is 24.3. The number of pyridine rings is 1. The lowest BCUT2D eigenvalue weighted by molar-refractivity contribution is -0.124. The molecule has 3 atom stereocenters. The normalized spacial score (nSPS) is 17.1. The lowest BCUT2D eigenvalue weighted by atomic mass is 9.69. The first-order chi connectivity index (χ1) is 20.2. The summed E-state index contributed by atoms with van der Waals surface area (Å²) >= 11 is 5.98. The third-order valence-corrected chi connectivity index (χ3v) is 9.63. The van der Waals surface area contributed by atoms with Crippen LogP contribution in [0.2, 0.25) is 5.02 Å². The van der Waals surface area contributed by atoms with Gasteiger partial charge in [0, 0.05) is 36.8 Å². The first-order valence-corrected chi connectivity index (χ1v) is 16.2. The molecule has 1 saturated carbocycles. The Hall–Kier alpha value is -2.65. The topological polar surface area (TPSA) is 82.5 Å². The fourth-order valence-electron chi connectivity index (χ4n) is 5.83. The molecule has 0 radical (unpaired) electrons. The minimum atomic E-state index is -1.69. The molecule has 0 bridgehead atoms. The number of aliphatic hydroxyl groups is 1. The highest BCUT2D eigenvalue weighted by molar-refractivity contribution is 7.82. The summed E-state index contributed by atoms with van der Waals surface area (Å²) in [6.45, 7) is 4.47. The van der Waals surface area contributed by atoms with Crippen LogP contribution in [0.15, 0.2) is 77.8 Å². The van der Waals surface area contributed by atoms with Gasteiger partial charge in [0.15, 0.2) is 0 Å². The standard InChI is InChI=1S/C33H41ClFN3O3S/c1-24(2)22-38(42(41)26-14-15-28(35)27(34)20-26)23-30(39)29(19-25-11-5-3-6-12-25)37-32(40)21-33(16-8-4-9-17-33)31-13-7-10-18-36-31/h3,5-7,10-15,18,20,24,29-30,39H,4,8-9,16-17,19,21-23H2,1-2H3,(H,37,40). The Bertz CT molecular complexity index is 1320. The Labute approximate surface area is 256 Å². The highest BCUT2D eigenvalue weighted by Gasteiger charge is 2.38. The summed E-state index contributed by atoms with van der Waals surface area (Å²) in [7, 11) is -1.69. The molecule has 1 fully saturated rings. The van der Waals surface area contributed by atoms with E-state index in [4.69, 9.17) is 11.6 Å². The van der Waals surface area contributed by atoms with Crippen molar-refractivity contribution in [2.24, 2.45) is 5.92 Å². The number of carbonyl (C=O) groups is 1. The summed E-state index contributed by atoms with van der Waals surface area (Å²) in [5.41, 5.74) is 1.58. The average Bonchev–Trinajstić information content (AvgIpc) is 2.98. The number of rotatable bonds is 13. The zero-order valence-corrected chi connectivity index (χ0v) is 25.9. The van der Waals surface area contributed by atoms with Crippen molar-refractivity contribution in [3.63, 3.8) is 0 Å². The van der Waals surface area contributed by atoms with E-state index >= 15 is 0 Å². The van der Waals surface area contributed by atoms with Gasteiger partial charge < -0.3 is 10.4 Å². The maximum Gasteiger partial charge on any atom is 0.221 e. The second kappa shape index (κ2) is 15.2. The van der Waals surface area contributed by atoms with Gasteiger partial charge in [-0.25, -0.2) is 12.9 Å². The fourth-order valence-corrected chi connectivity index (χ4v) is 7.50. The molecule has 9 heteroatoms. The van der Waals surface area contributed by atoms with E-state index < -0.39 is 28.9 Å². The van der Waals surface area contributed by atoms with Gasteiger partial charge >= 0.3 is 0 Å². The lowest BCUT2D eigenvalue weighted by Crippen LogP contribution is -2.51. The molecule has 2 N–H and O–H groups in total. The predicted octanol–water partition coefficient (Wildman–Crippen LogP) is 6.24. The summed E-state index contributed by atoms with van der Waals surface area (Å²) < 4.78 is 29.1. The van der Waals surface area contributed by atoms with Gasteiger partial charge in [0.1, 0.15) is 16.8 Å². The summed E-state index contributed by atoms with van der Waals surface area (Å²) in [5.74, 6) is -0.576. The SMILES string of the molecule is CC(C)CN(CC(O)C(Cc1ccccc1)NC(=O)CC1(c2ccccn2)CCCCC1)S(=O)c1ccc(F)c(Cl)c1. The molecule has 1 amide bonds. The van der Waals surface area contributed by atoms with Gasteiger partial charge in [-0.05, 0) is 61.1 Å². The highest BCUT2D eigenvalue weighted by Crippen LogP contribution is 2.41. The Morgan fingerprint density at radius 3 is 2.43 bits per heavy atom. The van der Waals surface area contributed by atoms with E-state index in [9.17, 15) is 18.5 Å². The Kier molecular flexibility index (Phi) is 11.7. The number of hydrogen-bond donors (Lipinski definition) is 2. The number of benzene rings is 2. The number of nitrogens with one attached hydrogen (secondary N) is 1. The van der Waals surface area contributed by atoms with E-state index in [1.807, 2.05) is 62.4 Å². The van der Waals surface area contributed by atoms with Crippen LogP contribution >= 0.6 is 11.6 Å². The Morgan fingerprint density at radius 2 is 1.79 bits per heavy atom. The molecular formula is C33H41ClFN3O3S. The van der Waals surface area contributed by atoms with Gasteiger partial charge in [0.25, 0.3) is 0 Å². The molecule has 6 nitrogen and oxygen atoms in total. The maximum atomic E-state index is 13.8. The fraction of sp³-hybridized carbons (Fsp3) is 0.455. The molecule has 1 heterocycles. The first-order valence-electron chi connectivity index (χ1n) is 14.7. The Balaban J connectivity index is 1.55. The lowest BCUT2D eigenvalue weighted by Gasteiger charge is -2.37. The summed E-state index contributed by atoms with van der Waals surface area (Å²) in [4.78, 5) is 18.7. The van der Waals surface area contributed by atoms with Crippen molar-refractivity contribution < 1.29 is 18.5 Å². The minimum Gasteiger partial charge on any atom is -0.390 e. The maximum absolute atomic E-state index is 13.8. The third-order valence-electron chi connectivity index (χ3n) is 7.91. The number of aromatic nitrogens is 1. The summed E-state index contributed by atoms with van der Waals surface area (Å²) in [6.07, 6.45) is 6.48. The van der Waals surface area contributed by atoms with Crippen LogP contribution < -0.4 is 5.32 Å². The highest BCUT2D eigenvalue weighted by atomic mass is 35.5. The van der Waals surface area contributed by atoms with Crippen molar-refractivity contribution in [2.75, 3.05) is 13.1 Å². The second-order valence-electron chi connectivity index (χ2n) is 11.7. The van der Waals surface area contributed by atoms with Crippen molar-refractivity contribution in [3.8, 4) is 0 Å². The van der Waals surface area contributed by atoms with Gasteiger partial charge in [0.2, 0.25) is 5.91 Å². The molecule has 42 heavy (non-hydrogen) atoms. The van der Waals surface area contributed by atoms with Crippen LogP contribution in [-0.2, 0) is 27.6 Å². The van der Waals surface area contributed by atoms with Gasteiger partial charge in [-0.2, -0.15) is 0 Å². The molecular weight excluding hydrogens is 573 g/mol. The van der Waals surface area contributed by atoms with Crippen LogP contribution in [-0.4, -0.2) is 49.7 Å². The van der Waals surface area contributed by atoms with Crippen molar-refractivity contribution in [3.05, 3.63) is 95.0 Å². The molecule has 4 rings (SSSR count). The third kappa shape index (κ3) is 8.69. The second-order valence-corrected chi connectivity index (χ2v) is 13.6. The van der Waals surface area contributed by atoms with Crippen molar-refractivity contribution in [1.82, 2.24) is 14.6 Å². The van der Waals surface area contributed by atoms with Crippen LogP contribution in [0.5, 0.6) is 0 Å². The quantitative estimate of drug-likeness (QED) is 0.239. The molecule has 1 aliphatic rings. The van der Waals surface area contributed by atoms with Crippen LogP contribution in [0.3, 0.4) is 0 Å². The predicted molar refractivity (Wildman–Crippen MR) is 166 cm³/mol. The molecule has 1 aliphatic carbocycles. The van der Waals surface area contributed by atoms with Crippen LogP contribution in [0.25, 0.3) is 0 Å². The number of amides is 1. The number of nitrogens with zero attached hydrogens (tertiary/aromatic N) is 2. The van der Waals surface area contributed by atoms with Crippen LogP contribution in [0.4, 0.5) is 4.39 Å². The number of hydrogen-bond acceptors (Lipinski definition) is 4. The van der Waals surface area contributed by atoms with Crippen molar-refractivity contribution >= 4 is 28.5 Å². The van der Waals surface area contributed by atoms with Crippen molar-refractivity contribution in [2.45, 2.75) is 81.2 Å². The summed E-state index contributed by atoms with van der Waals surface area (Å²) in [5, 5.41) is 14.6. The molecule has 3 unspecified atom stereocenters. The first kappa shape index (κ1) is 32.3. The molecule has 226 valence electrons. The van der Waals surface area contributed by atoms with E-state index in [-0.39, 0.29) is 35.2 Å². The monoisotopic (exact) mass is 613 g/mol. The number of halogens is 2. The molecule has 2 aromatic carbocycles. The van der Waals surface area contributed by atoms with Crippen LogP contribution in [0.1, 0.15) is 63.6 Å². The number of carbonyl (C=O) groups excluding carboxylic acids is 1. The minimum absolute atomic E-state index is 0.0446. The molecule has 3 aromatic rings. The molecule has 0 saturated heterocycles. The van der Waals surface area contributed by atoms with Crippen LogP contribution in [0, 0.1) is 11.7 Å². The average molecular weight is 614 g/mol. The van der Waals surface area contributed by atoms with E-state index in [1.54, 1.807) is 10.5 Å². The van der Waals surface area contributed by atoms with E-state index in [2.05, 4.69) is 10.3 Å². The van der Waals surface area contributed by atoms with Gasteiger partial charge in [-0.3, -0.25) is 9.78 Å². The van der Waals surface area contributed by atoms with E-state index in [1.165, 1.54) is 18.2 Å². The van der Waals surface area contributed by atoms with E-state index in [0.29, 0.717) is 17.9 Å². The number of aliphatic hydroxyl groups excluding tert-OH is 1. The largest absolute Gasteiger partial charge is 0.390 e. The van der Waals surface area contributed by atoms with Gasteiger partial charge in [-0.15, -0.1) is 0 Å². The summed E-state index contributed by atoms with van der Waals surface area (Å²) in [6, 6.07) is 19.0.